The molecule has 1 atom stereocenters. The SMILES string of the molecule is CC(C)C1CC(=O)c2c(nc3sccc3c2N)C1. The van der Waals surface area contributed by atoms with Gasteiger partial charge in [0, 0.05) is 11.8 Å². The Hall–Kier alpha value is -1.42. The molecule has 0 bridgehead atoms. The summed E-state index contributed by atoms with van der Waals surface area (Å²) in [6, 6.07) is 1.95. The zero-order valence-corrected chi connectivity index (χ0v) is 11.4. The third kappa shape index (κ3) is 1.63. The fraction of sp³-hybridized carbons (Fsp3) is 0.429. The molecule has 0 fully saturated rings. The van der Waals surface area contributed by atoms with Crippen molar-refractivity contribution in [2.75, 3.05) is 5.73 Å². The van der Waals surface area contributed by atoms with Gasteiger partial charge in [0.05, 0.1) is 16.9 Å². The molecule has 2 heterocycles. The Bertz CT molecular complexity index is 630. The van der Waals surface area contributed by atoms with Crippen LogP contribution in [0.5, 0.6) is 0 Å². The van der Waals surface area contributed by atoms with Crippen molar-refractivity contribution in [2.45, 2.75) is 26.7 Å². The van der Waals surface area contributed by atoms with Crippen molar-refractivity contribution >= 4 is 33.0 Å². The Labute approximate surface area is 110 Å². The minimum atomic E-state index is 0.160. The summed E-state index contributed by atoms with van der Waals surface area (Å²) in [6.07, 6.45) is 1.48. The van der Waals surface area contributed by atoms with Gasteiger partial charge < -0.3 is 5.73 Å². The first-order chi connectivity index (χ1) is 8.58. The molecular weight excluding hydrogens is 244 g/mol. The summed E-state index contributed by atoms with van der Waals surface area (Å²) in [6.45, 7) is 4.33. The van der Waals surface area contributed by atoms with Crippen molar-refractivity contribution in [2.24, 2.45) is 11.8 Å². The number of hydrogen-bond donors (Lipinski definition) is 1. The Morgan fingerprint density at radius 1 is 1.44 bits per heavy atom. The molecule has 0 aromatic carbocycles. The van der Waals surface area contributed by atoms with E-state index in [1.807, 2.05) is 11.4 Å². The predicted octanol–water partition coefficient (Wildman–Crippen LogP) is 3.28. The summed E-state index contributed by atoms with van der Waals surface area (Å²) in [4.78, 5) is 17.9. The third-order valence-corrected chi connectivity index (χ3v) is 4.66. The molecule has 4 heteroatoms. The second kappa shape index (κ2) is 4.05. The van der Waals surface area contributed by atoms with Gasteiger partial charge in [0.15, 0.2) is 5.78 Å². The Balaban J connectivity index is 2.19. The molecule has 3 nitrogen and oxygen atoms in total. The van der Waals surface area contributed by atoms with Gasteiger partial charge in [0.1, 0.15) is 4.83 Å². The number of rotatable bonds is 1. The van der Waals surface area contributed by atoms with Crippen LogP contribution in [-0.4, -0.2) is 10.8 Å². The molecule has 2 aromatic rings. The first kappa shape index (κ1) is 11.7. The summed E-state index contributed by atoms with van der Waals surface area (Å²) in [5.74, 6) is 1.06. The Morgan fingerprint density at radius 2 is 2.22 bits per heavy atom. The molecule has 0 amide bonds. The molecule has 1 aliphatic rings. The number of ketones is 1. The van der Waals surface area contributed by atoms with Crippen LogP contribution in [-0.2, 0) is 6.42 Å². The van der Waals surface area contributed by atoms with E-state index in [1.165, 1.54) is 0 Å². The molecule has 0 aliphatic heterocycles. The molecule has 18 heavy (non-hydrogen) atoms. The highest BCUT2D eigenvalue weighted by Gasteiger charge is 2.30. The van der Waals surface area contributed by atoms with Gasteiger partial charge in [-0.1, -0.05) is 13.8 Å². The number of nitrogens with zero attached hydrogens (tertiary/aromatic N) is 1. The van der Waals surface area contributed by atoms with Crippen molar-refractivity contribution in [3.63, 3.8) is 0 Å². The normalized spacial score (nSPS) is 19.5. The van der Waals surface area contributed by atoms with Gasteiger partial charge in [0.2, 0.25) is 0 Å². The summed E-state index contributed by atoms with van der Waals surface area (Å²) < 4.78 is 0. The van der Waals surface area contributed by atoms with Gasteiger partial charge in [-0.25, -0.2) is 4.98 Å². The lowest BCUT2D eigenvalue weighted by Gasteiger charge is -2.26. The first-order valence-electron chi connectivity index (χ1n) is 6.26. The van der Waals surface area contributed by atoms with E-state index in [1.54, 1.807) is 11.3 Å². The predicted molar refractivity (Wildman–Crippen MR) is 75.0 cm³/mol. The summed E-state index contributed by atoms with van der Waals surface area (Å²) in [5, 5.41) is 2.90. The Morgan fingerprint density at radius 3 is 2.94 bits per heavy atom. The minimum Gasteiger partial charge on any atom is -0.398 e. The number of thiophene rings is 1. The van der Waals surface area contributed by atoms with Crippen molar-refractivity contribution < 1.29 is 4.79 Å². The monoisotopic (exact) mass is 260 g/mol. The Kier molecular flexibility index (Phi) is 2.63. The lowest BCUT2D eigenvalue weighted by molar-refractivity contribution is 0.0933. The molecule has 2 aromatic heterocycles. The van der Waals surface area contributed by atoms with Crippen molar-refractivity contribution in [3.05, 3.63) is 22.7 Å². The van der Waals surface area contributed by atoms with Crippen LogP contribution in [0, 0.1) is 11.8 Å². The molecule has 1 unspecified atom stereocenters. The van der Waals surface area contributed by atoms with Crippen molar-refractivity contribution in [3.8, 4) is 0 Å². The number of Topliss-reactive ketones (excluding diaryl/α,β-unsaturated/α-hetero) is 1. The highest BCUT2D eigenvalue weighted by atomic mass is 32.1. The summed E-state index contributed by atoms with van der Waals surface area (Å²) >= 11 is 1.58. The number of pyridine rings is 1. The maximum absolute atomic E-state index is 12.3. The van der Waals surface area contributed by atoms with Crippen LogP contribution in [0.1, 0.15) is 36.3 Å². The molecule has 94 valence electrons. The van der Waals surface area contributed by atoms with Gasteiger partial charge >= 0.3 is 0 Å². The second-order valence-electron chi connectivity index (χ2n) is 5.32. The van der Waals surface area contributed by atoms with Crippen molar-refractivity contribution in [1.82, 2.24) is 4.98 Å². The smallest absolute Gasteiger partial charge is 0.167 e. The zero-order valence-electron chi connectivity index (χ0n) is 10.6. The standard InChI is InChI=1S/C14H16N2OS/c1-7(2)8-5-10-12(11(17)6-8)13(15)9-3-4-18-14(9)16-10/h3-4,7-8H,5-6H2,1-2H3,(H2,15,16). The van der Waals surface area contributed by atoms with E-state index in [-0.39, 0.29) is 5.78 Å². The van der Waals surface area contributed by atoms with Crippen LogP contribution in [0.2, 0.25) is 0 Å². The number of anilines is 1. The number of aromatic nitrogens is 1. The molecular formula is C14H16N2OS. The van der Waals surface area contributed by atoms with Crippen LogP contribution in [0.3, 0.4) is 0 Å². The zero-order chi connectivity index (χ0) is 12.9. The van der Waals surface area contributed by atoms with E-state index < -0.39 is 0 Å². The van der Waals surface area contributed by atoms with Crippen LogP contribution >= 0.6 is 11.3 Å². The first-order valence-corrected chi connectivity index (χ1v) is 7.14. The second-order valence-corrected chi connectivity index (χ2v) is 6.22. The molecule has 0 saturated heterocycles. The lowest BCUT2D eigenvalue weighted by atomic mass is 9.79. The van der Waals surface area contributed by atoms with E-state index in [9.17, 15) is 4.79 Å². The summed E-state index contributed by atoms with van der Waals surface area (Å²) in [5.41, 5.74) is 8.35. The molecule has 3 rings (SSSR count). The highest BCUT2D eigenvalue weighted by Crippen LogP contribution is 2.36. The van der Waals surface area contributed by atoms with Gasteiger partial charge in [-0.05, 0) is 29.7 Å². The number of nitrogens with two attached hydrogens (primary N) is 1. The quantitative estimate of drug-likeness (QED) is 0.856. The lowest BCUT2D eigenvalue weighted by Crippen LogP contribution is -2.25. The molecule has 0 spiro atoms. The van der Waals surface area contributed by atoms with Gasteiger partial charge in [0.25, 0.3) is 0 Å². The fourth-order valence-corrected chi connectivity index (χ4v) is 3.45. The van der Waals surface area contributed by atoms with Crippen molar-refractivity contribution in [1.29, 1.82) is 0 Å². The topological polar surface area (TPSA) is 56.0 Å². The average Bonchev–Trinajstić information content (AvgIpc) is 2.76. The van der Waals surface area contributed by atoms with Crippen LogP contribution in [0.15, 0.2) is 11.4 Å². The number of carbonyl (C=O) groups is 1. The molecule has 0 radical (unpaired) electrons. The largest absolute Gasteiger partial charge is 0.398 e. The molecule has 0 saturated carbocycles. The minimum absolute atomic E-state index is 0.160. The van der Waals surface area contributed by atoms with Gasteiger partial charge in [-0.2, -0.15) is 0 Å². The van der Waals surface area contributed by atoms with E-state index in [2.05, 4.69) is 18.8 Å². The van der Waals surface area contributed by atoms with Gasteiger partial charge in [-0.3, -0.25) is 4.79 Å². The third-order valence-electron chi connectivity index (χ3n) is 3.85. The highest BCUT2D eigenvalue weighted by molar-refractivity contribution is 7.16. The number of fused-ring (bicyclic) bond motifs is 2. The van der Waals surface area contributed by atoms with Crippen LogP contribution < -0.4 is 5.73 Å². The number of hydrogen-bond acceptors (Lipinski definition) is 4. The number of carbonyl (C=O) groups excluding carboxylic acids is 1. The van der Waals surface area contributed by atoms with E-state index in [4.69, 9.17) is 5.73 Å². The maximum atomic E-state index is 12.3. The fourth-order valence-electron chi connectivity index (χ4n) is 2.65. The van der Waals surface area contributed by atoms with Crippen LogP contribution in [0.4, 0.5) is 5.69 Å². The summed E-state index contributed by atoms with van der Waals surface area (Å²) in [7, 11) is 0. The van der Waals surface area contributed by atoms with Crippen LogP contribution in [0.25, 0.3) is 10.2 Å². The maximum Gasteiger partial charge on any atom is 0.167 e. The van der Waals surface area contributed by atoms with E-state index in [0.717, 1.165) is 22.3 Å². The van der Waals surface area contributed by atoms with E-state index >= 15 is 0 Å². The van der Waals surface area contributed by atoms with E-state index in [0.29, 0.717) is 29.5 Å². The molecule has 2 N–H and O–H groups in total. The molecule has 1 aliphatic carbocycles. The number of nitrogen functional groups attached to an aromatic ring is 1. The van der Waals surface area contributed by atoms with Gasteiger partial charge in [-0.15, -0.1) is 11.3 Å². The average molecular weight is 260 g/mol.